The lowest BCUT2D eigenvalue weighted by molar-refractivity contribution is -0.275. The molecule has 1 aromatic rings. The lowest BCUT2D eigenvalue weighted by Crippen LogP contribution is -2.19. The van der Waals surface area contributed by atoms with Crippen molar-refractivity contribution in [3.63, 3.8) is 0 Å². The molecule has 0 aliphatic rings. The van der Waals surface area contributed by atoms with Crippen molar-refractivity contribution < 1.29 is 17.9 Å². The first kappa shape index (κ1) is 10.9. The van der Waals surface area contributed by atoms with Gasteiger partial charge in [0, 0.05) is 0 Å². The van der Waals surface area contributed by atoms with Gasteiger partial charge in [-0.15, -0.1) is 13.2 Å². The molecule has 0 aliphatic heterocycles. The number of alkyl halides is 3. The van der Waals surface area contributed by atoms with Gasteiger partial charge in [0.05, 0.1) is 17.4 Å². The van der Waals surface area contributed by atoms with Crippen LogP contribution < -0.4 is 16.2 Å². The first-order chi connectivity index (χ1) is 6.85. The lowest BCUT2D eigenvalue weighted by atomic mass is 10.2. The highest BCUT2D eigenvalue weighted by Crippen LogP contribution is 2.31. The van der Waals surface area contributed by atoms with E-state index < -0.39 is 17.9 Å². The molecule has 1 rings (SSSR count). The highest BCUT2D eigenvalue weighted by Gasteiger charge is 2.33. The molecule has 0 spiro atoms. The number of hydrogen-bond donors (Lipinski definition) is 2. The van der Waals surface area contributed by atoms with Gasteiger partial charge in [0.25, 0.3) is 0 Å². The summed E-state index contributed by atoms with van der Waals surface area (Å²) in [5, 5.41) is 8.48. The second-order valence-corrected chi connectivity index (χ2v) is 2.46. The summed E-state index contributed by atoms with van der Waals surface area (Å²) in [6.45, 7) is 0. The maximum Gasteiger partial charge on any atom is 0.574 e. The molecular formula is C7H5F3N4O. The highest BCUT2D eigenvalue weighted by molar-refractivity contribution is 5.74. The Morgan fingerprint density at radius 2 is 1.93 bits per heavy atom. The SMILES string of the molecule is N#Cc1cnc(OC(F)(F)F)c(N)c1N. The van der Waals surface area contributed by atoms with Crippen LogP contribution in [0.5, 0.6) is 5.88 Å². The summed E-state index contributed by atoms with van der Waals surface area (Å²) in [4.78, 5) is 3.23. The van der Waals surface area contributed by atoms with Crippen molar-refractivity contribution in [1.29, 1.82) is 5.26 Å². The van der Waals surface area contributed by atoms with E-state index in [1.807, 2.05) is 0 Å². The first-order valence-electron chi connectivity index (χ1n) is 3.55. The fourth-order valence-electron chi connectivity index (χ4n) is 0.803. The highest BCUT2D eigenvalue weighted by atomic mass is 19.4. The fourth-order valence-corrected chi connectivity index (χ4v) is 0.803. The maximum atomic E-state index is 11.8. The smallest absolute Gasteiger partial charge is 0.396 e. The Bertz CT molecular complexity index is 423. The van der Waals surface area contributed by atoms with Crippen LogP contribution in [-0.2, 0) is 0 Å². The van der Waals surface area contributed by atoms with E-state index in [0.29, 0.717) is 0 Å². The molecule has 8 heteroatoms. The number of nitrogens with zero attached hydrogens (tertiary/aromatic N) is 2. The largest absolute Gasteiger partial charge is 0.574 e. The van der Waals surface area contributed by atoms with E-state index in [0.717, 1.165) is 6.20 Å². The topological polar surface area (TPSA) is 97.9 Å². The Balaban J connectivity index is 3.14. The molecular weight excluding hydrogens is 213 g/mol. The van der Waals surface area contributed by atoms with E-state index in [1.54, 1.807) is 6.07 Å². The summed E-state index contributed by atoms with van der Waals surface area (Å²) >= 11 is 0. The number of rotatable bonds is 1. The molecule has 0 saturated carbocycles. The monoisotopic (exact) mass is 218 g/mol. The summed E-state index contributed by atoms with van der Waals surface area (Å²) in [7, 11) is 0. The van der Waals surface area contributed by atoms with Gasteiger partial charge in [-0.3, -0.25) is 0 Å². The van der Waals surface area contributed by atoms with Crippen molar-refractivity contribution in [1.82, 2.24) is 4.98 Å². The summed E-state index contributed by atoms with van der Waals surface area (Å²) in [6, 6.07) is 1.62. The Morgan fingerprint density at radius 1 is 1.33 bits per heavy atom. The molecule has 0 fully saturated rings. The minimum atomic E-state index is -4.90. The molecule has 4 N–H and O–H groups in total. The van der Waals surface area contributed by atoms with Gasteiger partial charge in [-0.05, 0) is 0 Å². The quantitative estimate of drug-likeness (QED) is 0.733. The molecule has 0 radical (unpaired) electrons. The van der Waals surface area contributed by atoms with Crippen LogP contribution in [0.25, 0.3) is 0 Å². The van der Waals surface area contributed by atoms with Crippen molar-refractivity contribution in [3.8, 4) is 11.9 Å². The van der Waals surface area contributed by atoms with E-state index in [1.165, 1.54) is 0 Å². The van der Waals surface area contributed by atoms with E-state index in [2.05, 4.69) is 9.72 Å². The molecule has 0 aliphatic carbocycles. The molecule has 1 heterocycles. The zero-order chi connectivity index (χ0) is 11.6. The lowest BCUT2D eigenvalue weighted by Gasteiger charge is -2.11. The zero-order valence-corrected chi connectivity index (χ0v) is 7.17. The van der Waals surface area contributed by atoms with Crippen LogP contribution in [0.2, 0.25) is 0 Å². The van der Waals surface area contributed by atoms with Crippen LogP contribution in [0, 0.1) is 11.3 Å². The van der Waals surface area contributed by atoms with Crippen molar-refractivity contribution in [3.05, 3.63) is 11.8 Å². The Kier molecular flexibility index (Phi) is 2.57. The fraction of sp³-hybridized carbons (Fsp3) is 0.143. The van der Waals surface area contributed by atoms with Crippen LogP contribution in [0.1, 0.15) is 5.56 Å². The van der Waals surface area contributed by atoms with E-state index in [-0.39, 0.29) is 11.3 Å². The van der Waals surface area contributed by atoms with Crippen molar-refractivity contribution >= 4 is 11.4 Å². The van der Waals surface area contributed by atoms with Gasteiger partial charge in [0.15, 0.2) is 0 Å². The number of nitriles is 1. The molecule has 80 valence electrons. The third kappa shape index (κ3) is 2.40. The summed E-state index contributed by atoms with van der Waals surface area (Å²) < 4.78 is 38.9. The first-order valence-corrected chi connectivity index (χ1v) is 3.55. The summed E-state index contributed by atoms with van der Waals surface area (Å²) in [5.41, 5.74) is 9.58. The van der Waals surface area contributed by atoms with E-state index in [4.69, 9.17) is 16.7 Å². The molecule has 1 aromatic heterocycles. The van der Waals surface area contributed by atoms with Crippen LogP contribution in [0.4, 0.5) is 24.5 Å². The Morgan fingerprint density at radius 3 is 2.40 bits per heavy atom. The summed E-state index contributed by atoms with van der Waals surface area (Å²) in [6.07, 6.45) is -4.05. The molecule has 5 nitrogen and oxygen atoms in total. The number of halogens is 3. The molecule has 0 unspecified atom stereocenters. The van der Waals surface area contributed by atoms with Gasteiger partial charge in [-0.1, -0.05) is 0 Å². The number of pyridine rings is 1. The molecule has 0 bridgehead atoms. The number of hydrogen-bond acceptors (Lipinski definition) is 5. The second-order valence-electron chi connectivity index (χ2n) is 2.46. The number of ether oxygens (including phenoxy) is 1. The number of aromatic nitrogens is 1. The Hall–Kier alpha value is -2.17. The second kappa shape index (κ2) is 3.53. The molecule has 0 aromatic carbocycles. The molecule has 0 atom stereocenters. The van der Waals surface area contributed by atoms with E-state index >= 15 is 0 Å². The average Bonchev–Trinajstić information content (AvgIpc) is 2.11. The average molecular weight is 218 g/mol. The Labute approximate surface area is 82.1 Å². The number of nitrogens with two attached hydrogens (primary N) is 2. The van der Waals surface area contributed by atoms with Crippen LogP contribution in [-0.4, -0.2) is 11.3 Å². The van der Waals surface area contributed by atoms with E-state index in [9.17, 15) is 13.2 Å². The molecule has 0 saturated heterocycles. The van der Waals surface area contributed by atoms with Gasteiger partial charge >= 0.3 is 6.36 Å². The zero-order valence-electron chi connectivity index (χ0n) is 7.17. The standard InChI is InChI=1S/C7H5F3N4O/c8-7(9,10)15-6-5(13)4(12)3(1-11)2-14-6/h2H,13H2,(H2,12,14). The van der Waals surface area contributed by atoms with Crippen molar-refractivity contribution in [2.75, 3.05) is 11.5 Å². The van der Waals surface area contributed by atoms with Crippen molar-refractivity contribution in [2.24, 2.45) is 0 Å². The van der Waals surface area contributed by atoms with Crippen LogP contribution in [0.3, 0.4) is 0 Å². The number of anilines is 2. The van der Waals surface area contributed by atoms with Gasteiger partial charge < -0.3 is 16.2 Å². The van der Waals surface area contributed by atoms with Gasteiger partial charge in [-0.25, -0.2) is 4.98 Å². The van der Waals surface area contributed by atoms with Crippen molar-refractivity contribution in [2.45, 2.75) is 6.36 Å². The maximum absolute atomic E-state index is 11.8. The third-order valence-electron chi connectivity index (χ3n) is 1.45. The van der Waals surface area contributed by atoms with Gasteiger partial charge in [0.1, 0.15) is 11.8 Å². The predicted octanol–water partition coefficient (Wildman–Crippen LogP) is 1.02. The van der Waals surface area contributed by atoms with Gasteiger partial charge in [0.2, 0.25) is 5.88 Å². The third-order valence-corrected chi connectivity index (χ3v) is 1.45. The molecule has 15 heavy (non-hydrogen) atoms. The minimum absolute atomic E-state index is 0.109. The van der Waals surface area contributed by atoms with Crippen LogP contribution >= 0.6 is 0 Å². The molecule has 0 amide bonds. The minimum Gasteiger partial charge on any atom is -0.396 e. The number of nitrogen functional groups attached to an aromatic ring is 2. The summed E-state index contributed by atoms with van der Waals surface area (Å²) in [5.74, 6) is -0.862. The normalized spacial score (nSPS) is 10.8. The van der Waals surface area contributed by atoms with Crippen LogP contribution in [0.15, 0.2) is 6.20 Å². The van der Waals surface area contributed by atoms with Gasteiger partial charge in [-0.2, -0.15) is 5.26 Å². The predicted molar refractivity (Wildman–Crippen MR) is 44.5 cm³/mol.